The highest BCUT2D eigenvalue weighted by Gasteiger charge is 2.47. The van der Waals surface area contributed by atoms with Crippen LogP contribution in [0.1, 0.15) is 22.9 Å². The number of methoxy groups -OCH3 is 2. The van der Waals surface area contributed by atoms with Crippen molar-refractivity contribution in [1.82, 2.24) is 9.55 Å². The molecule has 0 aliphatic carbocycles. The van der Waals surface area contributed by atoms with E-state index in [0.29, 0.717) is 11.5 Å². The van der Waals surface area contributed by atoms with Gasteiger partial charge < -0.3 is 34.3 Å². The number of nitrogens with zero attached hydrogens (tertiary/aromatic N) is 1. The molecule has 220 valence electrons. The van der Waals surface area contributed by atoms with Crippen LogP contribution in [0.15, 0.2) is 101 Å². The first-order chi connectivity index (χ1) is 20.3. The van der Waals surface area contributed by atoms with Gasteiger partial charge in [0.2, 0.25) is 0 Å². The number of aromatic nitrogens is 2. The fourth-order valence-corrected chi connectivity index (χ4v) is 5.21. The molecule has 1 aliphatic heterocycles. The third-order valence-corrected chi connectivity index (χ3v) is 7.45. The van der Waals surface area contributed by atoms with Crippen molar-refractivity contribution in [1.29, 1.82) is 0 Å². The molecule has 2 unspecified atom stereocenters. The topological polar surface area (TPSA) is 152 Å². The number of ether oxygens (including phenoxy) is 4. The lowest BCUT2D eigenvalue weighted by molar-refractivity contribution is -0.259. The van der Waals surface area contributed by atoms with E-state index in [1.807, 2.05) is 78.9 Å². The molecule has 0 radical (unpaired) electrons. The van der Waals surface area contributed by atoms with Crippen LogP contribution in [-0.4, -0.2) is 70.1 Å². The molecule has 0 saturated carbocycles. The van der Waals surface area contributed by atoms with Gasteiger partial charge in [-0.1, -0.05) is 54.6 Å². The van der Waals surface area contributed by atoms with Gasteiger partial charge in [0.25, 0.3) is 5.56 Å². The lowest BCUT2D eigenvalue weighted by atomic mass is 9.80. The fourth-order valence-electron chi connectivity index (χ4n) is 5.21. The summed E-state index contributed by atoms with van der Waals surface area (Å²) in [5.74, 6) is 1.29. The monoisotopic (exact) mass is 576 g/mol. The third kappa shape index (κ3) is 5.48. The summed E-state index contributed by atoms with van der Waals surface area (Å²) in [5.41, 5.74) is -0.482. The summed E-state index contributed by atoms with van der Waals surface area (Å²) >= 11 is 0. The van der Waals surface area contributed by atoms with Gasteiger partial charge in [0, 0.05) is 12.3 Å². The molecule has 4 aromatic rings. The smallest absolute Gasteiger partial charge is 0.330 e. The molecule has 3 aromatic carbocycles. The highest BCUT2D eigenvalue weighted by Crippen LogP contribution is 2.42. The number of aromatic amines is 1. The molecular weight excluding hydrogens is 544 g/mol. The maximum atomic E-state index is 12.5. The zero-order chi connectivity index (χ0) is 29.9. The number of rotatable bonds is 9. The minimum atomic E-state index is -1.68. The Bertz CT molecular complexity index is 1540. The zero-order valence-electron chi connectivity index (χ0n) is 23.0. The van der Waals surface area contributed by atoms with Crippen molar-refractivity contribution in [2.75, 3.05) is 20.8 Å². The van der Waals surface area contributed by atoms with Gasteiger partial charge in [0.1, 0.15) is 41.5 Å². The minimum Gasteiger partial charge on any atom is -0.497 e. The van der Waals surface area contributed by atoms with Crippen molar-refractivity contribution in [3.05, 3.63) is 129 Å². The van der Waals surface area contributed by atoms with Gasteiger partial charge in [-0.25, -0.2) is 4.79 Å². The normalized spacial score (nSPS) is 22.5. The number of benzene rings is 3. The van der Waals surface area contributed by atoms with Crippen LogP contribution in [0.2, 0.25) is 0 Å². The Balaban J connectivity index is 1.58. The van der Waals surface area contributed by atoms with E-state index in [9.17, 15) is 24.9 Å². The lowest BCUT2D eigenvalue weighted by Gasteiger charge is -2.43. The van der Waals surface area contributed by atoms with Crippen molar-refractivity contribution in [2.45, 2.75) is 36.2 Å². The molecule has 1 aliphatic rings. The molecule has 1 saturated heterocycles. The maximum absolute atomic E-state index is 12.5. The number of H-pyrrole nitrogens is 1. The first-order valence-corrected chi connectivity index (χ1v) is 13.3. The predicted octanol–water partition coefficient (Wildman–Crippen LogP) is 1.54. The second-order valence-electron chi connectivity index (χ2n) is 9.87. The van der Waals surface area contributed by atoms with Gasteiger partial charge in [0.15, 0.2) is 6.23 Å². The third-order valence-electron chi connectivity index (χ3n) is 7.45. The van der Waals surface area contributed by atoms with Crippen molar-refractivity contribution in [3.63, 3.8) is 0 Å². The molecule has 1 fully saturated rings. The minimum absolute atomic E-state index is 0.271. The van der Waals surface area contributed by atoms with Gasteiger partial charge in [-0.3, -0.25) is 14.3 Å². The SMILES string of the molecule is COc1ccc(C(OCC2O[C@@H](n3ccc(=O)[nH]c3=O)C(O)[C@@H](O)[C@@H]2O)(c2ccccc2)c2ccc(OC)cc2)cc1. The standard InChI is InChI=1S/C31H32N2O9/c1-39-22-12-8-20(9-13-22)31(19-6-4-3-5-7-19,21-10-14-23(40-2)15-11-21)41-18-24-26(35)27(36)28(37)29(42-24)33-17-16-25(34)32-30(33)38/h3-17,24,26-29,35-37H,18H2,1-2H3,(H,32,34,38)/t24?,26-,27+,28?,29-/m1/s1. The second-order valence-corrected chi connectivity index (χ2v) is 9.87. The molecule has 5 atom stereocenters. The van der Waals surface area contributed by atoms with Crippen molar-refractivity contribution < 1.29 is 34.3 Å². The highest BCUT2D eigenvalue weighted by molar-refractivity contribution is 5.49. The molecular formula is C31H32N2O9. The Morgan fingerprint density at radius 3 is 1.83 bits per heavy atom. The van der Waals surface area contributed by atoms with Gasteiger partial charge in [0.05, 0.1) is 20.8 Å². The fraction of sp³-hybridized carbons (Fsp3) is 0.290. The number of nitrogens with one attached hydrogen (secondary N) is 1. The Kier molecular flexibility index (Phi) is 8.57. The molecule has 2 heterocycles. The van der Waals surface area contributed by atoms with Crippen LogP contribution in [0.5, 0.6) is 11.5 Å². The summed E-state index contributed by atoms with van der Waals surface area (Å²) in [6.07, 6.45) is -6.34. The average molecular weight is 577 g/mol. The first kappa shape index (κ1) is 29.2. The highest BCUT2D eigenvalue weighted by atomic mass is 16.6. The van der Waals surface area contributed by atoms with Crippen LogP contribution >= 0.6 is 0 Å². The van der Waals surface area contributed by atoms with E-state index in [1.165, 1.54) is 0 Å². The summed E-state index contributed by atoms with van der Waals surface area (Å²) < 4.78 is 24.4. The van der Waals surface area contributed by atoms with E-state index in [4.69, 9.17) is 18.9 Å². The zero-order valence-corrected chi connectivity index (χ0v) is 23.0. The van der Waals surface area contributed by atoms with E-state index in [2.05, 4.69) is 4.98 Å². The first-order valence-electron chi connectivity index (χ1n) is 13.3. The van der Waals surface area contributed by atoms with Crippen LogP contribution in [0.4, 0.5) is 0 Å². The van der Waals surface area contributed by atoms with E-state index in [0.717, 1.165) is 33.5 Å². The Hall–Kier alpha value is -4.26. The quantitative estimate of drug-likeness (QED) is 0.218. The molecule has 0 bridgehead atoms. The summed E-state index contributed by atoms with van der Waals surface area (Å²) in [4.78, 5) is 26.2. The van der Waals surface area contributed by atoms with Gasteiger partial charge >= 0.3 is 5.69 Å². The molecule has 11 nitrogen and oxygen atoms in total. The molecule has 42 heavy (non-hydrogen) atoms. The van der Waals surface area contributed by atoms with E-state index >= 15 is 0 Å². The summed E-state index contributed by atoms with van der Waals surface area (Å²) in [7, 11) is 3.15. The number of aliphatic hydroxyl groups is 3. The van der Waals surface area contributed by atoms with Crippen LogP contribution in [0.25, 0.3) is 0 Å². The summed E-state index contributed by atoms with van der Waals surface area (Å²) in [6, 6.07) is 25.3. The molecule has 0 amide bonds. The Morgan fingerprint density at radius 1 is 0.762 bits per heavy atom. The summed E-state index contributed by atoms with van der Waals surface area (Å²) in [6.45, 7) is -0.271. The van der Waals surface area contributed by atoms with Gasteiger partial charge in [-0.15, -0.1) is 0 Å². The maximum Gasteiger partial charge on any atom is 0.330 e. The van der Waals surface area contributed by atoms with Crippen molar-refractivity contribution in [2.24, 2.45) is 0 Å². The summed E-state index contributed by atoms with van der Waals surface area (Å²) in [5, 5.41) is 32.4. The van der Waals surface area contributed by atoms with Crippen molar-refractivity contribution >= 4 is 0 Å². The second kappa shape index (κ2) is 12.3. The van der Waals surface area contributed by atoms with Crippen LogP contribution in [0, 0.1) is 0 Å². The Morgan fingerprint density at radius 2 is 1.31 bits per heavy atom. The molecule has 1 aromatic heterocycles. The van der Waals surface area contributed by atoms with Gasteiger partial charge in [-0.2, -0.15) is 0 Å². The number of hydrogen-bond donors (Lipinski definition) is 4. The number of hydrogen-bond acceptors (Lipinski definition) is 9. The molecule has 0 spiro atoms. The largest absolute Gasteiger partial charge is 0.497 e. The number of aliphatic hydroxyl groups excluding tert-OH is 3. The van der Waals surface area contributed by atoms with Crippen molar-refractivity contribution in [3.8, 4) is 11.5 Å². The van der Waals surface area contributed by atoms with E-state index in [-0.39, 0.29) is 6.61 Å². The van der Waals surface area contributed by atoms with Crippen LogP contribution < -0.4 is 20.7 Å². The molecule has 11 heteroatoms. The lowest BCUT2D eigenvalue weighted by Crippen LogP contribution is -2.58. The van der Waals surface area contributed by atoms with E-state index in [1.54, 1.807) is 14.2 Å². The Labute approximate surface area is 241 Å². The molecule has 5 rings (SSSR count). The van der Waals surface area contributed by atoms with Gasteiger partial charge in [-0.05, 0) is 41.0 Å². The van der Waals surface area contributed by atoms with Crippen LogP contribution in [-0.2, 0) is 15.1 Å². The average Bonchev–Trinajstić information content (AvgIpc) is 3.02. The molecule has 4 N–H and O–H groups in total. The van der Waals surface area contributed by atoms with E-state index < -0.39 is 47.5 Å². The predicted molar refractivity (Wildman–Crippen MR) is 152 cm³/mol. The van der Waals surface area contributed by atoms with Crippen LogP contribution in [0.3, 0.4) is 0 Å².